The molecule has 0 spiro atoms. The van der Waals surface area contributed by atoms with Crippen LogP contribution in [0, 0.1) is 15.9 Å². The Hall–Kier alpha value is -1.74. The molecule has 0 radical (unpaired) electrons. The highest BCUT2D eigenvalue weighted by Crippen LogP contribution is 2.25. The molecule has 0 saturated carbocycles. The number of piperazine rings is 1. The summed E-state index contributed by atoms with van der Waals surface area (Å²) in [6.07, 6.45) is 0. The van der Waals surface area contributed by atoms with Crippen LogP contribution >= 0.6 is 0 Å². The van der Waals surface area contributed by atoms with Crippen LogP contribution in [-0.2, 0) is 10.0 Å². The van der Waals surface area contributed by atoms with Crippen molar-refractivity contribution in [2.45, 2.75) is 6.92 Å². The van der Waals surface area contributed by atoms with Gasteiger partial charge in [-0.25, -0.2) is 12.8 Å². The van der Waals surface area contributed by atoms with Gasteiger partial charge in [0.1, 0.15) is 0 Å². The fourth-order valence-electron chi connectivity index (χ4n) is 2.26. The van der Waals surface area contributed by atoms with E-state index in [1.807, 2.05) is 0 Å². The second-order valence-corrected chi connectivity index (χ2v) is 6.94. The molecule has 9 heteroatoms. The molecule has 0 unspecified atom stereocenters. The van der Waals surface area contributed by atoms with E-state index in [9.17, 15) is 22.9 Å². The van der Waals surface area contributed by atoms with Crippen LogP contribution < -0.4 is 4.90 Å². The van der Waals surface area contributed by atoms with Crippen molar-refractivity contribution in [3.8, 4) is 0 Å². The summed E-state index contributed by atoms with van der Waals surface area (Å²) < 4.78 is 38.8. The predicted octanol–water partition coefficient (Wildman–Crippen LogP) is 1.21. The molecule has 116 valence electrons. The first-order valence-electron chi connectivity index (χ1n) is 6.52. The summed E-state index contributed by atoms with van der Waals surface area (Å²) in [6.45, 7) is 2.86. The number of anilines is 1. The second kappa shape index (κ2) is 5.94. The zero-order valence-electron chi connectivity index (χ0n) is 11.5. The maximum atomic E-state index is 13.9. The van der Waals surface area contributed by atoms with Crippen LogP contribution in [0.5, 0.6) is 0 Å². The van der Waals surface area contributed by atoms with Gasteiger partial charge in [0.05, 0.1) is 22.4 Å². The summed E-state index contributed by atoms with van der Waals surface area (Å²) in [5.74, 6) is -0.630. The minimum Gasteiger partial charge on any atom is -0.367 e. The Morgan fingerprint density at radius 3 is 2.38 bits per heavy atom. The summed E-state index contributed by atoms with van der Waals surface area (Å²) in [4.78, 5) is 11.6. The van der Waals surface area contributed by atoms with E-state index in [2.05, 4.69) is 0 Å². The SMILES string of the molecule is CCS(=O)(=O)N1CCN(c2ccc([N+](=O)[O-])cc2F)CC1. The van der Waals surface area contributed by atoms with Crippen molar-refractivity contribution in [1.29, 1.82) is 0 Å². The van der Waals surface area contributed by atoms with Gasteiger partial charge in [0.2, 0.25) is 10.0 Å². The molecule has 0 amide bonds. The van der Waals surface area contributed by atoms with Gasteiger partial charge in [0, 0.05) is 32.2 Å². The third-order valence-corrected chi connectivity index (χ3v) is 5.36. The maximum absolute atomic E-state index is 13.9. The number of halogens is 1. The summed E-state index contributed by atoms with van der Waals surface area (Å²) in [5, 5.41) is 10.6. The Labute approximate surface area is 122 Å². The first kappa shape index (κ1) is 15.6. The van der Waals surface area contributed by atoms with Crippen molar-refractivity contribution in [3.63, 3.8) is 0 Å². The predicted molar refractivity (Wildman–Crippen MR) is 76.3 cm³/mol. The zero-order valence-corrected chi connectivity index (χ0v) is 12.3. The fourth-order valence-corrected chi connectivity index (χ4v) is 3.34. The molecule has 1 fully saturated rings. The molecule has 0 bridgehead atoms. The fraction of sp³-hybridized carbons (Fsp3) is 0.500. The second-order valence-electron chi connectivity index (χ2n) is 4.68. The molecule has 1 aliphatic heterocycles. The van der Waals surface area contributed by atoms with Gasteiger partial charge in [-0.3, -0.25) is 10.1 Å². The van der Waals surface area contributed by atoms with E-state index in [0.29, 0.717) is 13.1 Å². The van der Waals surface area contributed by atoms with E-state index in [4.69, 9.17) is 0 Å². The largest absolute Gasteiger partial charge is 0.367 e. The van der Waals surface area contributed by atoms with Gasteiger partial charge in [-0.05, 0) is 13.0 Å². The average molecular weight is 317 g/mol. The number of nitro benzene ring substituents is 1. The van der Waals surface area contributed by atoms with Crippen molar-refractivity contribution in [1.82, 2.24) is 4.31 Å². The minimum atomic E-state index is -3.23. The topological polar surface area (TPSA) is 83.8 Å². The smallest absolute Gasteiger partial charge is 0.272 e. The van der Waals surface area contributed by atoms with E-state index >= 15 is 0 Å². The van der Waals surface area contributed by atoms with Crippen LogP contribution in [0.4, 0.5) is 15.8 Å². The Kier molecular flexibility index (Phi) is 4.43. The first-order valence-corrected chi connectivity index (χ1v) is 8.13. The molecule has 2 rings (SSSR count). The lowest BCUT2D eigenvalue weighted by molar-refractivity contribution is -0.385. The van der Waals surface area contributed by atoms with E-state index in [-0.39, 0.29) is 30.2 Å². The van der Waals surface area contributed by atoms with Crippen LogP contribution in [0.1, 0.15) is 6.92 Å². The number of rotatable bonds is 4. The van der Waals surface area contributed by atoms with Crippen molar-refractivity contribution in [2.24, 2.45) is 0 Å². The molecule has 1 aromatic rings. The maximum Gasteiger partial charge on any atom is 0.272 e. The van der Waals surface area contributed by atoms with Crippen molar-refractivity contribution in [2.75, 3.05) is 36.8 Å². The first-order chi connectivity index (χ1) is 9.85. The van der Waals surface area contributed by atoms with Gasteiger partial charge in [-0.1, -0.05) is 0 Å². The summed E-state index contributed by atoms with van der Waals surface area (Å²) in [7, 11) is -3.23. The normalized spacial score (nSPS) is 17.0. The number of nitrogens with zero attached hydrogens (tertiary/aromatic N) is 3. The Balaban J connectivity index is 2.11. The monoisotopic (exact) mass is 317 g/mol. The molecule has 21 heavy (non-hydrogen) atoms. The van der Waals surface area contributed by atoms with E-state index in [0.717, 1.165) is 6.07 Å². The molecule has 0 atom stereocenters. The van der Waals surface area contributed by atoms with Crippen LogP contribution in [0.25, 0.3) is 0 Å². The van der Waals surface area contributed by atoms with Gasteiger partial charge in [-0.2, -0.15) is 4.31 Å². The summed E-state index contributed by atoms with van der Waals surface area (Å²) in [5.41, 5.74) is -0.0439. The lowest BCUT2D eigenvalue weighted by atomic mass is 10.2. The summed E-state index contributed by atoms with van der Waals surface area (Å²) in [6, 6.07) is 3.48. The molecular weight excluding hydrogens is 301 g/mol. The number of hydrogen-bond donors (Lipinski definition) is 0. The molecule has 1 aromatic carbocycles. The molecule has 0 aromatic heterocycles. The minimum absolute atomic E-state index is 0.0406. The summed E-state index contributed by atoms with van der Waals surface area (Å²) >= 11 is 0. The highest BCUT2D eigenvalue weighted by atomic mass is 32.2. The van der Waals surface area contributed by atoms with E-state index in [1.165, 1.54) is 16.4 Å². The van der Waals surface area contributed by atoms with Crippen LogP contribution in [0.15, 0.2) is 18.2 Å². The Bertz CT molecular complexity index is 642. The number of sulfonamides is 1. The highest BCUT2D eigenvalue weighted by molar-refractivity contribution is 7.89. The molecule has 7 nitrogen and oxygen atoms in total. The van der Waals surface area contributed by atoms with Gasteiger partial charge in [-0.15, -0.1) is 0 Å². The number of nitro groups is 1. The third kappa shape index (κ3) is 3.30. The van der Waals surface area contributed by atoms with Gasteiger partial charge in [0.25, 0.3) is 5.69 Å². The zero-order chi connectivity index (χ0) is 15.6. The van der Waals surface area contributed by atoms with Crippen molar-refractivity contribution in [3.05, 3.63) is 34.1 Å². The number of benzene rings is 1. The average Bonchev–Trinajstić information content (AvgIpc) is 2.47. The lowest BCUT2D eigenvalue weighted by Crippen LogP contribution is -2.49. The molecule has 1 aliphatic rings. The van der Waals surface area contributed by atoms with Crippen LogP contribution in [0.3, 0.4) is 0 Å². The van der Waals surface area contributed by atoms with E-state index < -0.39 is 20.8 Å². The standard InChI is InChI=1S/C12H16FN3O4S/c1-2-21(19,20)15-7-5-14(6-8-15)12-4-3-10(16(17)18)9-11(12)13/h3-4,9H,2,5-8H2,1H3. The van der Waals surface area contributed by atoms with Gasteiger partial charge < -0.3 is 4.90 Å². The van der Waals surface area contributed by atoms with Crippen molar-refractivity contribution >= 4 is 21.4 Å². The Morgan fingerprint density at radius 1 is 1.29 bits per heavy atom. The number of non-ortho nitro benzene ring substituents is 1. The quantitative estimate of drug-likeness (QED) is 0.615. The lowest BCUT2D eigenvalue weighted by Gasteiger charge is -2.35. The molecule has 0 N–H and O–H groups in total. The van der Waals surface area contributed by atoms with Crippen molar-refractivity contribution < 1.29 is 17.7 Å². The molecule has 0 aliphatic carbocycles. The van der Waals surface area contributed by atoms with E-state index in [1.54, 1.807) is 11.8 Å². The highest BCUT2D eigenvalue weighted by Gasteiger charge is 2.27. The Morgan fingerprint density at radius 2 is 1.90 bits per heavy atom. The van der Waals surface area contributed by atoms with Crippen LogP contribution in [0.2, 0.25) is 0 Å². The van der Waals surface area contributed by atoms with Crippen LogP contribution in [-0.4, -0.2) is 49.6 Å². The molecular formula is C12H16FN3O4S. The van der Waals surface area contributed by atoms with Gasteiger partial charge >= 0.3 is 0 Å². The van der Waals surface area contributed by atoms with Gasteiger partial charge in [0.15, 0.2) is 5.82 Å². The molecule has 1 heterocycles. The third-order valence-electron chi connectivity index (χ3n) is 3.48. The number of hydrogen-bond acceptors (Lipinski definition) is 5. The molecule has 1 saturated heterocycles.